The number of para-hydroxylation sites is 1. The normalized spacial score (nSPS) is 11.3. The molecule has 0 unspecified atom stereocenters. The van der Waals surface area contributed by atoms with Crippen LogP contribution in [0.15, 0.2) is 53.5 Å². The smallest absolute Gasteiger partial charge is 0.159 e. The van der Waals surface area contributed by atoms with Gasteiger partial charge in [-0.1, -0.05) is 35.5 Å². The zero-order valence-electron chi connectivity index (χ0n) is 12.2. The van der Waals surface area contributed by atoms with Gasteiger partial charge in [0, 0.05) is 5.75 Å². The SMILES string of the molecule is COc1ccc(N=C(N)SCCOc2ccccc2Cl)cc1. The summed E-state index contributed by atoms with van der Waals surface area (Å²) in [5.41, 5.74) is 6.68. The number of aliphatic imine (C=N–C) groups is 1. The van der Waals surface area contributed by atoms with Gasteiger partial charge in [0.2, 0.25) is 0 Å². The minimum Gasteiger partial charge on any atom is -0.497 e. The molecule has 4 nitrogen and oxygen atoms in total. The lowest BCUT2D eigenvalue weighted by atomic mass is 10.3. The number of thioether (sulfide) groups is 1. The number of methoxy groups -OCH3 is 1. The Labute approximate surface area is 139 Å². The van der Waals surface area contributed by atoms with Gasteiger partial charge in [-0.25, -0.2) is 4.99 Å². The van der Waals surface area contributed by atoms with E-state index in [1.165, 1.54) is 11.8 Å². The summed E-state index contributed by atoms with van der Waals surface area (Å²) < 4.78 is 10.7. The summed E-state index contributed by atoms with van der Waals surface area (Å²) in [6, 6.07) is 14.8. The van der Waals surface area contributed by atoms with Crippen LogP contribution in [0.25, 0.3) is 0 Å². The largest absolute Gasteiger partial charge is 0.497 e. The molecular formula is C16H17ClN2O2S. The number of nitrogens with two attached hydrogens (primary N) is 1. The highest BCUT2D eigenvalue weighted by atomic mass is 35.5. The maximum atomic E-state index is 6.01. The van der Waals surface area contributed by atoms with E-state index >= 15 is 0 Å². The van der Waals surface area contributed by atoms with E-state index in [4.69, 9.17) is 26.8 Å². The van der Waals surface area contributed by atoms with Gasteiger partial charge in [0.25, 0.3) is 0 Å². The number of rotatable bonds is 6. The van der Waals surface area contributed by atoms with E-state index < -0.39 is 0 Å². The number of hydrogen-bond acceptors (Lipinski definition) is 4. The summed E-state index contributed by atoms with van der Waals surface area (Å²) in [5, 5.41) is 1.10. The fourth-order valence-electron chi connectivity index (χ4n) is 1.68. The molecule has 0 radical (unpaired) electrons. The number of halogens is 1. The lowest BCUT2D eigenvalue weighted by Gasteiger charge is -2.07. The second-order valence-corrected chi connectivity index (χ2v) is 5.80. The van der Waals surface area contributed by atoms with Gasteiger partial charge in [-0.3, -0.25) is 0 Å². The van der Waals surface area contributed by atoms with Gasteiger partial charge >= 0.3 is 0 Å². The first-order chi connectivity index (χ1) is 10.7. The summed E-state index contributed by atoms with van der Waals surface area (Å²) >= 11 is 7.44. The van der Waals surface area contributed by atoms with E-state index in [-0.39, 0.29) is 0 Å². The Hall–Kier alpha value is -1.85. The zero-order valence-corrected chi connectivity index (χ0v) is 13.7. The topological polar surface area (TPSA) is 56.8 Å². The Bertz CT molecular complexity index is 632. The van der Waals surface area contributed by atoms with Crippen molar-refractivity contribution in [1.29, 1.82) is 0 Å². The summed E-state index contributed by atoms with van der Waals surface area (Å²) in [6.07, 6.45) is 0. The van der Waals surface area contributed by atoms with Crippen LogP contribution >= 0.6 is 23.4 Å². The predicted octanol–water partition coefficient (Wildman–Crippen LogP) is 4.11. The highest BCUT2D eigenvalue weighted by Crippen LogP contribution is 2.23. The predicted molar refractivity (Wildman–Crippen MR) is 93.7 cm³/mol. The Morgan fingerprint density at radius 1 is 1.18 bits per heavy atom. The molecule has 0 aromatic heterocycles. The van der Waals surface area contributed by atoms with Gasteiger partial charge in [0.1, 0.15) is 11.5 Å². The van der Waals surface area contributed by atoms with Crippen LogP contribution < -0.4 is 15.2 Å². The Balaban J connectivity index is 1.78. The molecule has 2 aromatic carbocycles. The van der Waals surface area contributed by atoms with Crippen LogP contribution in [-0.4, -0.2) is 24.6 Å². The molecule has 6 heteroatoms. The molecule has 116 valence electrons. The molecule has 0 fully saturated rings. The molecule has 0 aliphatic heterocycles. The van der Waals surface area contributed by atoms with Gasteiger partial charge in [-0.15, -0.1) is 0 Å². The lowest BCUT2D eigenvalue weighted by molar-refractivity contribution is 0.344. The molecule has 0 atom stereocenters. The van der Waals surface area contributed by atoms with Crippen LogP contribution in [0.3, 0.4) is 0 Å². The molecule has 0 aliphatic rings. The molecule has 0 aliphatic carbocycles. The zero-order chi connectivity index (χ0) is 15.8. The molecule has 2 rings (SSSR count). The van der Waals surface area contributed by atoms with Gasteiger partial charge in [0.05, 0.1) is 24.4 Å². The minimum atomic E-state index is 0.493. The summed E-state index contributed by atoms with van der Waals surface area (Å²) in [6.45, 7) is 0.507. The molecule has 22 heavy (non-hydrogen) atoms. The second kappa shape index (κ2) is 8.56. The van der Waals surface area contributed by atoms with Crippen molar-refractivity contribution in [1.82, 2.24) is 0 Å². The van der Waals surface area contributed by atoms with E-state index in [1.54, 1.807) is 13.2 Å². The third kappa shape index (κ3) is 5.16. The van der Waals surface area contributed by atoms with Crippen molar-refractivity contribution in [2.24, 2.45) is 10.7 Å². The lowest BCUT2D eigenvalue weighted by Crippen LogP contribution is -2.10. The third-order valence-electron chi connectivity index (χ3n) is 2.74. The minimum absolute atomic E-state index is 0.493. The summed E-state index contributed by atoms with van der Waals surface area (Å²) in [5.74, 6) is 2.16. The summed E-state index contributed by atoms with van der Waals surface area (Å²) in [4.78, 5) is 4.32. The number of ether oxygens (including phenoxy) is 2. The summed E-state index contributed by atoms with van der Waals surface area (Å²) in [7, 11) is 1.63. The van der Waals surface area contributed by atoms with Crippen molar-refractivity contribution in [3.05, 3.63) is 53.6 Å². The van der Waals surface area contributed by atoms with Gasteiger partial charge in [0.15, 0.2) is 5.17 Å². The van der Waals surface area contributed by atoms with Gasteiger partial charge < -0.3 is 15.2 Å². The van der Waals surface area contributed by atoms with Crippen LogP contribution in [0.2, 0.25) is 5.02 Å². The van der Waals surface area contributed by atoms with Gasteiger partial charge in [-0.05, 0) is 36.4 Å². The molecule has 0 bridgehead atoms. The average molecular weight is 337 g/mol. The van der Waals surface area contributed by atoms with Crippen LogP contribution in [0.1, 0.15) is 0 Å². The highest BCUT2D eigenvalue weighted by molar-refractivity contribution is 8.13. The molecule has 0 saturated carbocycles. The first-order valence-electron chi connectivity index (χ1n) is 6.67. The van der Waals surface area contributed by atoms with E-state index in [2.05, 4.69) is 4.99 Å². The Kier molecular flexibility index (Phi) is 6.43. The maximum Gasteiger partial charge on any atom is 0.159 e. The van der Waals surface area contributed by atoms with Crippen LogP contribution in [0, 0.1) is 0 Å². The maximum absolute atomic E-state index is 6.01. The first kappa shape index (κ1) is 16.5. The standard InChI is InChI=1S/C16H17ClN2O2S/c1-20-13-8-6-12(7-9-13)19-16(18)22-11-10-21-15-5-3-2-4-14(15)17/h2-9H,10-11H2,1H3,(H2,18,19). The van der Waals surface area contributed by atoms with Crippen LogP contribution in [-0.2, 0) is 0 Å². The Morgan fingerprint density at radius 3 is 2.59 bits per heavy atom. The fraction of sp³-hybridized carbons (Fsp3) is 0.188. The van der Waals surface area contributed by atoms with E-state index in [9.17, 15) is 0 Å². The van der Waals surface area contributed by atoms with Crippen LogP contribution in [0.4, 0.5) is 5.69 Å². The molecule has 0 amide bonds. The van der Waals surface area contributed by atoms with E-state index in [0.29, 0.717) is 28.3 Å². The van der Waals surface area contributed by atoms with Crippen molar-refractivity contribution >= 4 is 34.2 Å². The molecule has 0 saturated heterocycles. The van der Waals surface area contributed by atoms with Crippen molar-refractivity contribution < 1.29 is 9.47 Å². The number of amidine groups is 1. The number of hydrogen-bond donors (Lipinski definition) is 1. The first-order valence-corrected chi connectivity index (χ1v) is 8.04. The molecule has 0 spiro atoms. The van der Waals surface area contributed by atoms with Crippen molar-refractivity contribution in [3.8, 4) is 11.5 Å². The van der Waals surface area contributed by atoms with Crippen molar-refractivity contribution in [2.45, 2.75) is 0 Å². The average Bonchev–Trinajstić information content (AvgIpc) is 2.54. The van der Waals surface area contributed by atoms with E-state index in [1.807, 2.05) is 42.5 Å². The Morgan fingerprint density at radius 2 is 1.91 bits per heavy atom. The third-order valence-corrected chi connectivity index (χ3v) is 3.81. The molecule has 0 heterocycles. The monoisotopic (exact) mass is 336 g/mol. The second-order valence-electron chi connectivity index (χ2n) is 4.28. The quantitative estimate of drug-likeness (QED) is 0.490. The van der Waals surface area contributed by atoms with Crippen molar-refractivity contribution in [2.75, 3.05) is 19.5 Å². The van der Waals surface area contributed by atoms with Gasteiger partial charge in [-0.2, -0.15) is 0 Å². The highest BCUT2D eigenvalue weighted by Gasteiger charge is 2.01. The fourth-order valence-corrected chi connectivity index (χ4v) is 2.41. The molecule has 2 aromatic rings. The van der Waals surface area contributed by atoms with Crippen molar-refractivity contribution in [3.63, 3.8) is 0 Å². The number of benzene rings is 2. The van der Waals surface area contributed by atoms with E-state index in [0.717, 1.165) is 11.4 Å². The van der Waals surface area contributed by atoms with Crippen LogP contribution in [0.5, 0.6) is 11.5 Å². The number of nitrogens with zero attached hydrogens (tertiary/aromatic N) is 1. The molecule has 2 N–H and O–H groups in total. The molecular weight excluding hydrogens is 320 g/mol.